The van der Waals surface area contributed by atoms with Crippen LogP contribution < -0.4 is 0 Å². The third-order valence-corrected chi connectivity index (χ3v) is 135. The average Bonchev–Trinajstić information content (AvgIpc) is 3.29. The predicted molar refractivity (Wildman–Crippen MR) is 464 cm³/mol. The normalized spacial score (nSPS) is 7.81. The summed E-state index contributed by atoms with van der Waals surface area (Å²) >= 11 is 9.64. The van der Waals surface area contributed by atoms with E-state index in [9.17, 15) is 0 Å². The van der Waals surface area contributed by atoms with Gasteiger partial charge in [0.05, 0.1) is 0 Å². The van der Waals surface area contributed by atoms with Crippen LogP contribution in [0, 0.1) is 0 Å². The van der Waals surface area contributed by atoms with Crippen molar-refractivity contribution in [1.82, 2.24) is 0 Å². The zero-order valence-corrected chi connectivity index (χ0v) is 77.2. The van der Waals surface area contributed by atoms with Gasteiger partial charge in [-0.3, -0.25) is 0 Å². The molecule has 0 atom stereocenters. The zero-order chi connectivity index (χ0) is 45.1. The molecule has 0 radical (unpaired) electrons. The Bertz CT molecular complexity index is 4260. The number of hydrogen-bond donors (Lipinski definition) is 0. The van der Waals surface area contributed by atoms with Crippen molar-refractivity contribution in [2.75, 3.05) is 0 Å². The first-order chi connectivity index (χ1) is 31.4. The van der Waals surface area contributed by atoms with Crippen molar-refractivity contribution >= 4 is 564 Å². The molecular weight excluding hydrogens is 2020 g/mol. The van der Waals surface area contributed by atoms with Crippen LogP contribution in [0.5, 0.6) is 0 Å². The van der Waals surface area contributed by atoms with Crippen LogP contribution in [-0.2, 0) is 564 Å². The van der Waals surface area contributed by atoms with Gasteiger partial charge < -0.3 is 0 Å². The maximum Gasteiger partial charge on any atom is 0 e. The van der Waals surface area contributed by atoms with Gasteiger partial charge in [0.25, 0.3) is 0 Å². The van der Waals surface area contributed by atoms with Gasteiger partial charge in [-0.25, -0.2) is 0 Å². The minimum Gasteiger partial charge on any atom is 0 e. The van der Waals surface area contributed by atoms with Crippen molar-refractivity contribution in [2.24, 2.45) is 0 Å². The molecule has 0 N–H and O–H groups in total. The maximum atomic E-state index is 4.82. The molecule has 63 heavy (non-hydrogen) atoms. The first-order valence-corrected chi connectivity index (χ1v) is 93.0. The van der Waals surface area contributed by atoms with Gasteiger partial charge in [-0.2, -0.15) is 0 Å². The van der Waals surface area contributed by atoms with Gasteiger partial charge in [-0.15, -0.1) is 0 Å². The second-order valence-electron chi connectivity index (χ2n) is 4.15. The lowest BCUT2D eigenvalue weighted by Crippen LogP contribution is -1.41. The topological polar surface area (TPSA) is 0 Å². The van der Waals surface area contributed by atoms with Gasteiger partial charge in [0.2, 0.25) is 0 Å². The molecular formula is S63. The molecule has 0 heterocycles. The molecule has 0 amide bonds. The SMILES string of the molecule is S=S=S=S=S=S=S=S=S=S=S=S=S=S=S=S=S=S=S=S=S=S=S=S=S=S=S=S=S=S=S=S=S=S=S=S=S=S=S=S=S=S=S=S=S=S=S=S=S=S=S=S=S=S=S=S=S=S=S=S=S=S=S. The molecule has 0 fully saturated rings. The lowest BCUT2D eigenvalue weighted by atomic mass is 30.7. The van der Waals surface area contributed by atoms with Crippen molar-refractivity contribution in [3.8, 4) is 0 Å². The lowest BCUT2D eigenvalue weighted by molar-refractivity contribution is 5.95. The van der Waals surface area contributed by atoms with Crippen LogP contribution in [0.4, 0.5) is 0 Å². The highest BCUT2D eigenvalue weighted by molar-refractivity contribution is 8.83. The smallest absolute Gasteiger partial charge is 0 e. The quantitative estimate of drug-likeness (QED) is 0.332. The molecule has 0 spiro atoms. The molecule has 0 aromatic carbocycles. The van der Waals surface area contributed by atoms with Crippen LogP contribution in [0.15, 0.2) is 0 Å². The molecule has 0 saturated heterocycles. The molecule has 0 rings (SSSR count). The number of hydrogen-bond acceptors (Lipinski definition) is 2. The Hall–Kier alpha value is 13.9. The molecule has 0 aliphatic heterocycles. The second-order valence-corrected chi connectivity index (χ2v) is 112. The van der Waals surface area contributed by atoms with Gasteiger partial charge in [-0.05, 0) is 0 Å². The van der Waals surface area contributed by atoms with E-state index in [1.54, 1.807) is 107 Å². The molecule has 0 nitrogen and oxygen atoms in total. The maximum absolute atomic E-state index is 4.82. The third-order valence-electron chi connectivity index (χ3n) is 1.67. The molecule has 0 aromatic rings. The summed E-state index contributed by atoms with van der Waals surface area (Å²) in [5.74, 6) is 0. The Morgan fingerprint density at radius 2 is 0.127 bits per heavy atom. The molecule has 0 unspecified atom stereocenters. The first-order valence-electron chi connectivity index (χ1n) is 10.3. The van der Waals surface area contributed by atoms with E-state index in [0.29, 0.717) is 0 Å². The molecule has 0 saturated carbocycles. The highest BCUT2D eigenvalue weighted by atomic mass is 33.5. The summed E-state index contributed by atoms with van der Waals surface area (Å²) in [6, 6.07) is 0. The summed E-state index contributed by atoms with van der Waals surface area (Å²) in [5, 5.41) is 0. The first kappa shape index (κ1) is 76.9. The van der Waals surface area contributed by atoms with Crippen LogP contribution in [0.2, 0.25) is 0 Å². The summed E-state index contributed by atoms with van der Waals surface area (Å²) < 4.78 is 0. The molecule has 0 aliphatic rings. The summed E-state index contributed by atoms with van der Waals surface area (Å²) in [5.41, 5.74) is 0. The van der Waals surface area contributed by atoms with Crippen molar-refractivity contribution < 1.29 is 0 Å². The highest BCUT2D eigenvalue weighted by Crippen LogP contribution is 1.47. The fourth-order valence-corrected chi connectivity index (χ4v) is 163. The summed E-state index contributed by atoms with van der Waals surface area (Å²) in [6.07, 6.45) is 0. The van der Waals surface area contributed by atoms with E-state index in [-0.39, 0.29) is 0 Å². The monoisotopic (exact) mass is 2010 g/mol. The summed E-state index contributed by atoms with van der Waals surface area (Å²) in [7, 11) is 110. The minimum atomic E-state index is 1.37. The Labute approximate surface area is 546 Å². The van der Waals surface area contributed by atoms with Crippen molar-refractivity contribution in [3.63, 3.8) is 0 Å². The van der Waals surface area contributed by atoms with E-state index < -0.39 is 0 Å². The molecule has 0 aromatic heterocycles. The number of rotatable bonds is 0. The minimum absolute atomic E-state index is 1.37. The van der Waals surface area contributed by atoms with Crippen LogP contribution >= 0.6 is 0 Å². The van der Waals surface area contributed by atoms with Gasteiger partial charge in [0.1, 0.15) is 0 Å². The summed E-state index contributed by atoms with van der Waals surface area (Å²) in [6.45, 7) is 0. The second kappa shape index (κ2) is 75.9. The van der Waals surface area contributed by atoms with E-state index in [2.05, 4.69) is 0 Å². The third kappa shape index (κ3) is 75.9. The highest BCUT2D eigenvalue weighted by Gasteiger charge is 1.47. The van der Waals surface area contributed by atoms with E-state index in [0.717, 1.165) is 0 Å². The van der Waals surface area contributed by atoms with Gasteiger partial charge in [0, 0.05) is 564 Å². The van der Waals surface area contributed by atoms with Gasteiger partial charge in [0.15, 0.2) is 0 Å². The van der Waals surface area contributed by atoms with Gasteiger partial charge >= 0.3 is 0 Å². The largest absolute Gasteiger partial charge is 0 e. The van der Waals surface area contributed by atoms with Crippen LogP contribution in [-0.4, -0.2) is 0 Å². The molecule has 378 valence electrons. The summed E-state index contributed by atoms with van der Waals surface area (Å²) in [4.78, 5) is 0. The van der Waals surface area contributed by atoms with Crippen LogP contribution in [0.25, 0.3) is 0 Å². The van der Waals surface area contributed by atoms with Crippen LogP contribution in [0.1, 0.15) is 0 Å². The fraction of sp³-hybridized carbons (Fsp3) is 0. The zero-order valence-electron chi connectivity index (χ0n) is 25.7. The van der Waals surface area contributed by atoms with Crippen molar-refractivity contribution in [2.45, 2.75) is 0 Å². The standard InChI is InChI=1S/S63/c1-3-5-7-9-11-13-15-17-19-21-23-25-27-29-31-33-35-37-39-41-43-45-47-49-51-53-55-57-59-61-63-62-60-58-56-54-52-50-48-46-44-42-40-38-36-34-32-30-28-26-24-22-20-18-16-14-12-10-8-6-4-2. The lowest BCUT2D eigenvalue weighted by Gasteiger charge is -1.41. The predicted octanol–water partition coefficient (Wildman–Crippen LogP) is -0.151. The van der Waals surface area contributed by atoms with Gasteiger partial charge in [-0.1, -0.05) is 0 Å². The Morgan fingerprint density at radius 3 is 0.175 bits per heavy atom. The van der Waals surface area contributed by atoms with Crippen molar-refractivity contribution in [3.05, 3.63) is 0 Å². The van der Waals surface area contributed by atoms with Crippen LogP contribution in [0.3, 0.4) is 0 Å². The Kier molecular flexibility index (Phi) is 92.5. The molecule has 63 heteroatoms. The van der Waals surface area contributed by atoms with E-state index in [1.165, 1.54) is 17.8 Å². The van der Waals surface area contributed by atoms with E-state index in [1.807, 2.05) is 417 Å². The fourth-order valence-electron chi connectivity index (χ4n) is 0.669. The Balaban J connectivity index is 6.12. The Morgan fingerprint density at radius 1 is 0.0794 bits per heavy atom. The average molecular weight is 2020 g/mol. The van der Waals surface area contributed by atoms with Crippen molar-refractivity contribution in [1.29, 1.82) is 0 Å². The molecule has 0 aliphatic carbocycles. The van der Waals surface area contributed by atoms with E-state index >= 15 is 0 Å². The molecule has 0 bridgehead atoms. The van der Waals surface area contributed by atoms with E-state index in [4.69, 9.17) is 22.4 Å².